The predicted molar refractivity (Wildman–Crippen MR) is 73.5 cm³/mol. The lowest BCUT2D eigenvalue weighted by molar-refractivity contribution is -0.128. The maximum Gasteiger partial charge on any atom is 0.312 e. The molecular formula is C13H25N3O3. The number of amides is 3. The monoisotopic (exact) mass is 271 g/mol. The maximum atomic E-state index is 11.7. The minimum Gasteiger partial charge on any atom is -0.352 e. The summed E-state index contributed by atoms with van der Waals surface area (Å²) in [5.41, 5.74) is 4.94. The number of rotatable bonds is 9. The first-order valence-corrected chi connectivity index (χ1v) is 6.72. The van der Waals surface area contributed by atoms with Gasteiger partial charge in [0.1, 0.15) is 0 Å². The van der Waals surface area contributed by atoms with E-state index in [1.165, 1.54) is 0 Å². The second-order valence-electron chi connectivity index (χ2n) is 4.97. The van der Waals surface area contributed by atoms with Crippen LogP contribution in [0.1, 0.15) is 46.5 Å². The van der Waals surface area contributed by atoms with Gasteiger partial charge in [0, 0.05) is 19.4 Å². The number of primary amides is 1. The van der Waals surface area contributed by atoms with Crippen molar-refractivity contribution in [3.05, 3.63) is 0 Å². The molecule has 0 aliphatic rings. The lowest BCUT2D eigenvalue weighted by Gasteiger charge is -2.17. The van der Waals surface area contributed by atoms with Crippen molar-refractivity contribution in [1.82, 2.24) is 10.6 Å². The Morgan fingerprint density at radius 3 is 2.32 bits per heavy atom. The number of hydrogen-bond acceptors (Lipinski definition) is 3. The number of hydrogen-bond donors (Lipinski definition) is 3. The first kappa shape index (κ1) is 17.4. The zero-order valence-corrected chi connectivity index (χ0v) is 12.0. The summed E-state index contributed by atoms with van der Waals surface area (Å²) in [5, 5.41) is 5.21. The molecule has 0 spiro atoms. The van der Waals surface area contributed by atoms with Crippen molar-refractivity contribution in [2.24, 2.45) is 11.7 Å². The molecule has 110 valence electrons. The molecule has 0 aromatic rings. The fourth-order valence-electron chi connectivity index (χ4n) is 1.70. The highest BCUT2D eigenvalue weighted by Gasteiger charge is 2.19. The molecule has 0 radical (unpaired) electrons. The largest absolute Gasteiger partial charge is 0.352 e. The fourth-order valence-corrected chi connectivity index (χ4v) is 1.70. The molecule has 0 heterocycles. The van der Waals surface area contributed by atoms with Crippen LogP contribution in [0.5, 0.6) is 0 Å². The van der Waals surface area contributed by atoms with E-state index in [1.54, 1.807) is 6.92 Å². The number of nitrogens with two attached hydrogens (primary N) is 1. The standard InChI is InChI=1S/C13H25N3O3/c1-4-11(17)10(6-5-7-15-13(14)19)16-12(18)8-9(2)3/h9-10H,4-8H2,1-3H3,(H,16,18)(H3,14,15,19)/t10-/m0/s1. The van der Waals surface area contributed by atoms with Gasteiger partial charge < -0.3 is 16.4 Å². The zero-order valence-electron chi connectivity index (χ0n) is 12.0. The van der Waals surface area contributed by atoms with Gasteiger partial charge in [0.05, 0.1) is 6.04 Å². The van der Waals surface area contributed by atoms with Crippen molar-refractivity contribution in [3.63, 3.8) is 0 Å². The molecule has 19 heavy (non-hydrogen) atoms. The lowest BCUT2D eigenvalue weighted by atomic mass is 10.0. The Bertz CT molecular complexity index is 316. The average Bonchev–Trinajstić information content (AvgIpc) is 2.30. The van der Waals surface area contributed by atoms with Gasteiger partial charge in [-0.2, -0.15) is 0 Å². The highest BCUT2D eigenvalue weighted by atomic mass is 16.2. The predicted octanol–water partition coefficient (Wildman–Crippen LogP) is 0.945. The summed E-state index contributed by atoms with van der Waals surface area (Å²) >= 11 is 0. The van der Waals surface area contributed by atoms with Gasteiger partial charge in [-0.3, -0.25) is 9.59 Å². The summed E-state index contributed by atoms with van der Waals surface area (Å²) in [6.45, 7) is 6.08. The lowest BCUT2D eigenvalue weighted by Crippen LogP contribution is -2.41. The smallest absolute Gasteiger partial charge is 0.312 e. The Morgan fingerprint density at radius 2 is 1.84 bits per heavy atom. The molecule has 0 aromatic carbocycles. The van der Waals surface area contributed by atoms with Crippen LogP contribution in [0.15, 0.2) is 0 Å². The molecule has 6 heteroatoms. The van der Waals surface area contributed by atoms with E-state index in [9.17, 15) is 14.4 Å². The van der Waals surface area contributed by atoms with Gasteiger partial charge in [-0.15, -0.1) is 0 Å². The second-order valence-corrected chi connectivity index (χ2v) is 4.97. The summed E-state index contributed by atoms with van der Waals surface area (Å²) in [6, 6.07) is -1.05. The van der Waals surface area contributed by atoms with E-state index in [2.05, 4.69) is 10.6 Å². The third kappa shape index (κ3) is 9.04. The number of ketones is 1. The van der Waals surface area contributed by atoms with Crippen LogP contribution in [0.25, 0.3) is 0 Å². The Balaban J connectivity index is 4.20. The Kier molecular flexibility index (Phi) is 8.57. The number of carbonyl (C=O) groups is 3. The van der Waals surface area contributed by atoms with Crippen molar-refractivity contribution in [1.29, 1.82) is 0 Å². The highest BCUT2D eigenvalue weighted by Crippen LogP contribution is 2.04. The van der Waals surface area contributed by atoms with Gasteiger partial charge in [-0.05, 0) is 18.8 Å². The molecule has 0 aliphatic heterocycles. The van der Waals surface area contributed by atoms with Crippen LogP contribution >= 0.6 is 0 Å². The van der Waals surface area contributed by atoms with Crippen LogP contribution in [0, 0.1) is 5.92 Å². The molecular weight excluding hydrogens is 246 g/mol. The van der Waals surface area contributed by atoms with Gasteiger partial charge in [0.2, 0.25) is 5.91 Å². The number of urea groups is 1. The number of nitrogens with one attached hydrogen (secondary N) is 2. The fraction of sp³-hybridized carbons (Fsp3) is 0.769. The van der Waals surface area contributed by atoms with E-state index in [-0.39, 0.29) is 17.6 Å². The van der Waals surface area contributed by atoms with Crippen LogP contribution in [0.2, 0.25) is 0 Å². The summed E-state index contributed by atoms with van der Waals surface area (Å²) in [7, 11) is 0. The normalized spacial score (nSPS) is 12.0. The average molecular weight is 271 g/mol. The van der Waals surface area contributed by atoms with E-state index >= 15 is 0 Å². The SMILES string of the molecule is CCC(=O)[C@H](CCCNC(N)=O)NC(=O)CC(C)C. The molecule has 1 atom stereocenters. The van der Waals surface area contributed by atoms with Gasteiger partial charge in [0.25, 0.3) is 0 Å². The molecule has 6 nitrogen and oxygen atoms in total. The van der Waals surface area contributed by atoms with E-state index in [0.29, 0.717) is 32.2 Å². The molecule has 0 bridgehead atoms. The molecule has 0 fully saturated rings. The molecule has 4 N–H and O–H groups in total. The molecule has 0 saturated carbocycles. The van der Waals surface area contributed by atoms with E-state index < -0.39 is 12.1 Å². The van der Waals surface area contributed by atoms with Crippen molar-refractivity contribution >= 4 is 17.7 Å². The van der Waals surface area contributed by atoms with Gasteiger partial charge in [-0.25, -0.2) is 4.79 Å². The van der Waals surface area contributed by atoms with Crippen molar-refractivity contribution in [2.75, 3.05) is 6.54 Å². The third-order valence-electron chi connectivity index (χ3n) is 2.63. The zero-order chi connectivity index (χ0) is 14.8. The van der Waals surface area contributed by atoms with Crippen LogP contribution in [-0.4, -0.2) is 30.3 Å². The molecule has 0 unspecified atom stereocenters. The van der Waals surface area contributed by atoms with Crippen molar-refractivity contribution in [3.8, 4) is 0 Å². The Morgan fingerprint density at radius 1 is 1.21 bits per heavy atom. The Labute approximate surface area is 114 Å². The van der Waals surface area contributed by atoms with Crippen molar-refractivity contribution < 1.29 is 14.4 Å². The minimum atomic E-state index is -0.581. The quantitative estimate of drug-likeness (QED) is 0.544. The van der Waals surface area contributed by atoms with Crippen LogP contribution in [0.4, 0.5) is 4.79 Å². The van der Waals surface area contributed by atoms with Gasteiger partial charge in [0.15, 0.2) is 5.78 Å². The summed E-state index contributed by atoms with van der Waals surface area (Å²) in [4.78, 5) is 33.9. The van der Waals surface area contributed by atoms with Crippen molar-refractivity contribution in [2.45, 2.75) is 52.5 Å². The first-order valence-electron chi connectivity index (χ1n) is 6.72. The van der Waals surface area contributed by atoms with E-state index in [4.69, 9.17) is 5.73 Å². The minimum absolute atomic E-state index is 0.0104. The van der Waals surface area contributed by atoms with E-state index in [0.717, 1.165) is 0 Å². The summed E-state index contributed by atoms with van der Waals surface area (Å²) in [5.74, 6) is 0.162. The van der Waals surface area contributed by atoms with Crippen LogP contribution in [0.3, 0.4) is 0 Å². The number of carbonyl (C=O) groups excluding carboxylic acids is 3. The second kappa shape index (κ2) is 9.35. The Hall–Kier alpha value is -1.59. The number of Topliss-reactive ketones (excluding diaryl/α,β-unsaturated/α-hetero) is 1. The topological polar surface area (TPSA) is 101 Å². The molecule has 0 saturated heterocycles. The molecule has 3 amide bonds. The maximum absolute atomic E-state index is 11.7. The molecule has 0 aromatic heterocycles. The molecule has 0 aliphatic carbocycles. The summed E-state index contributed by atoms with van der Waals surface area (Å²) < 4.78 is 0. The first-order chi connectivity index (χ1) is 8.86. The summed E-state index contributed by atoms with van der Waals surface area (Å²) in [6.07, 6.45) is 1.90. The van der Waals surface area contributed by atoms with Gasteiger partial charge >= 0.3 is 6.03 Å². The van der Waals surface area contributed by atoms with Gasteiger partial charge in [-0.1, -0.05) is 20.8 Å². The van der Waals surface area contributed by atoms with Crippen LogP contribution < -0.4 is 16.4 Å². The van der Waals surface area contributed by atoms with E-state index in [1.807, 2.05) is 13.8 Å². The molecule has 0 rings (SSSR count). The van der Waals surface area contributed by atoms with Crippen LogP contribution in [-0.2, 0) is 9.59 Å². The third-order valence-corrected chi connectivity index (χ3v) is 2.63. The highest BCUT2D eigenvalue weighted by molar-refractivity contribution is 5.88.